The van der Waals surface area contributed by atoms with Crippen molar-refractivity contribution in [2.45, 2.75) is 53.1 Å². The first-order valence-corrected chi connectivity index (χ1v) is 11.6. The van der Waals surface area contributed by atoms with Crippen molar-refractivity contribution in [3.63, 3.8) is 0 Å². The van der Waals surface area contributed by atoms with Crippen LogP contribution in [0.25, 0.3) is 11.1 Å². The lowest BCUT2D eigenvalue weighted by Gasteiger charge is -2.24. The zero-order valence-corrected chi connectivity index (χ0v) is 19.4. The lowest BCUT2D eigenvalue weighted by Crippen LogP contribution is -2.27. The molecule has 4 rings (SSSR count). The third-order valence-corrected chi connectivity index (χ3v) is 6.66. The molecule has 1 aliphatic heterocycles. The molecule has 4 nitrogen and oxygen atoms in total. The minimum absolute atomic E-state index is 0.0529. The molecule has 1 heterocycles. The van der Waals surface area contributed by atoms with Gasteiger partial charge in [0.05, 0.1) is 6.10 Å². The second kappa shape index (κ2) is 9.04. The smallest absolute Gasteiger partial charge is 0.221 e. The van der Waals surface area contributed by atoms with E-state index < -0.39 is 0 Å². The van der Waals surface area contributed by atoms with Crippen LogP contribution in [0.4, 0.5) is 5.69 Å². The number of rotatable bonds is 6. The number of hydrogen-bond donors (Lipinski definition) is 1. The van der Waals surface area contributed by atoms with Gasteiger partial charge in [0.25, 0.3) is 0 Å². The van der Waals surface area contributed by atoms with Crippen LogP contribution >= 0.6 is 0 Å². The molecular weight excluding hydrogens is 384 g/mol. The van der Waals surface area contributed by atoms with E-state index in [1.165, 1.54) is 45.8 Å². The molecule has 0 spiro atoms. The van der Waals surface area contributed by atoms with E-state index in [0.29, 0.717) is 11.5 Å². The van der Waals surface area contributed by atoms with Crippen molar-refractivity contribution in [3.05, 3.63) is 48.5 Å². The maximum Gasteiger partial charge on any atom is 0.221 e. The number of benzene rings is 2. The fourth-order valence-corrected chi connectivity index (χ4v) is 4.98. The van der Waals surface area contributed by atoms with E-state index in [0.717, 1.165) is 34.4 Å². The van der Waals surface area contributed by atoms with Gasteiger partial charge < -0.3 is 15.0 Å². The highest BCUT2D eigenvalue weighted by Gasteiger charge is 2.41. The summed E-state index contributed by atoms with van der Waals surface area (Å²) in [5, 5.41) is 2.80. The molecule has 0 radical (unpaired) electrons. The van der Waals surface area contributed by atoms with Gasteiger partial charge >= 0.3 is 0 Å². The Hall–Kier alpha value is -2.33. The van der Waals surface area contributed by atoms with Gasteiger partial charge in [-0.15, -0.1) is 0 Å². The van der Waals surface area contributed by atoms with Crippen LogP contribution in [-0.2, 0) is 4.79 Å². The number of carbonyl (C=O) groups is 1. The largest absolute Gasteiger partial charge is 0.490 e. The second-order valence-electron chi connectivity index (χ2n) is 10.6. The summed E-state index contributed by atoms with van der Waals surface area (Å²) < 4.78 is 6.35. The van der Waals surface area contributed by atoms with Crippen LogP contribution in [0.5, 0.6) is 5.75 Å². The van der Waals surface area contributed by atoms with E-state index in [1.54, 1.807) is 0 Å². The predicted octanol–water partition coefficient (Wildman–Crippen LogP) is 5.84. The van der Waals surface area contributed by atoms with Crippen LogP contribution in [-0.4, -0.2) is 36.5 Å². The Labute approximate surface area is 187 Å². The molecule has 4 heteroatoms. The molecule has 0 unspecified atom stereocenters. The van der Waals surface area contributed by atoms with Gasteiger partial charge in [0, 0.05) is 25.7 Å². The lowest BCUT2D eigenvalue weighted by molar-refractivity contribution is -0.114. The molecule has 1 amide bonds. The maximum atomic E-state index is 11.2. The summed E-state index contributed by atoms with van der Waals surface area (Å²) in [5.41, 5.74) is 3.52. The number of likely N-dealkylation sites (tertiary alicyclic amines) is 1. The van der Waals surface area contributed by atoms with E-state index in [9.17, 15) is 4.79 Å². The average molecular weight is 421 g/mol. The van der Waals surface area contributed by atoms with E-state index in [2.05, 4.69) is 55.3 Å². The Morgan fingerprint density at radius 3 is 2.03 bits per heavy atom. The molecule has 3 atom stereocenters. The summed E-state index contributed by atoms with van der Waals surface area (Å²) in [6.45, 7) is 12.2. The number of anilines is 1. The summed E-state index contributed by atoms with van der Waals surface area (Å²) in [4.78, 5) is 13.8. The van der Waals surface area contributed by atoms with E-state index in [1.807, 2.05) is 24.3 Å². The van der Waals surface area contributed by atoms with Gasteiger partial charge in [-0.05, 0) is 78.5 Å². The molecule has 0 aromatic heterocycles. The normalized spacial score (nSPS) is 23.5. The van der Waals surface area contributed by atoms with Crippen molar-refractivity contribution in [2.75, 3.05) is 25.0 Å². The van der Waals surface area contributed by atoms with Gasteiger partial charge in [-0.1, -0.05) is 45.0 Å². The molecule has 2 aliphatic rings. The quantitative estimate of drug-likeness (QED) is 0.638. The average Bonchev–Trinajstić information content (AvgIpc) is 3.25. The Bertz CT molecular complexity index is 869. The van der Waals surface area contributed by atoms with Gasteiger partial charge in [0.15, 0.2) is 0 Å². The van der Waals surface area contributed by atoms with E-state index in [-0.39, 0.29) is 5.91 Å². The fraction of sp³-hybridized carbons (Fsp3) is 0.519. The number of fused-ring (bicyclic) bond motifs is 1. The molecular formula is C27H36N2O2. The zero-order valence-electron chi connectivity index (χ0n) is 19.4. The van der Waals surface area contributed by atoms with Crippen LogP contribution in [0, 0.1) is 17.3 Å². The van der Waals surface area contributed by atoms with Crippen LogP contribution in [0.1, 0.15) is 47.0 Å². The minimum atomic E-state index is -0.0529. The van der Waals surface area contributed by atoms with Crippen molar-refractivity contribution >= 4 is 11.6 Å². The summed E-state index contributed by atoms with van der Waals surface area (Å²) in [6, 6.07) is 16.3. The molecule has 2 aromatic rings. The van der Waals surface area contributed by atoms with E-state index >= 15 is 0 Å². The highest BCUT2D eigenvalue weighted by Crippen LogP contribution is 2.40. The first-order valence-electron chi connectivity index (χ1n) is 11.6. The SMILES string of the molecule is CC(=O)Nc1ccc(-c2ccc(O[C@@H]3C[C@@H]4CN(CCC(C)(C)C)C[C@@H]4C3)cc2)cc1. The highest BCUT2D eigenvalue weighted by molar-refractivity contribution is 5.89. The molecule has 1 N–H and O–H groups in total. The summed E-state index contributed by atoms with van der Waals surface area (Å²) >= 11 is 0. The van der Waals surface area contributed by atoms with Gasteiger partial charge in [0.2, 0.25) is 5.91 Å². The zero-order chi connectivity index (χ0) is 22.0. The number of nitrogens with zero attached hydrogens (tertiary/aromatic N) is 1. The third kappa shape index (κ3) is 5.88. The Kier molecular flexibility index (Phi) is 6.38. The molecule has 0 bridgehead atoms. The van der Waals surface area contributed by atoms with Gasteiger partial charge in [-0.25, -0.2) is 0 Å². The van der Waals surface area contributed by atoms with Crippen LogP contribution in [0.3, 0.4) is 0 Å². The first-order chi connectivity index (χ1) is 14.7. The third-order valence-electron chi connectivity index (χ3n) is 6.66. The molecule has 1 saturated carbocycles. The summed E-state index contributed by atoms with van der Waals surface area (Å²) in [5.74, 6) is 2.51. The second-order valence-corrected chi connectivity index (χ2v) is 10.6. The Balaban J connectivity index is 1.27. The van der Waals surface area contributed by atoms with Gasteiger partial charge in [-0.2, -0.15) is 0 Å². The van der Waals surface area contributed by atoms with Crippen molar-refractivity contribution in [1.82, 2.24) is 4.90 Å². The Morgan fingerprint density at radius 1 is 0.968 bits per heavy atom. The van der Waals surface area contributed by atoms with Crippen LogP contribution in [0.15, 0.2) is 48.5 Å². The highest BCUT2D eigenvalue weighted by atomic mass is 16.5. The number of ether oxygens (including phenoxy) is 1. The topological polar surface area (TPSA) is 41.6 Å². The molecule has 2 aromatic carbocycles. The number of nitrogens with one attached hydrogen (secondary N) is 1. The maximum absolute atomic E-state index is 11.2. The standard InChI is InChI=1S/C27H36N2O2/c1-19(30)28-24-9-5-20(6-10-24)21-7-11-25(12-8-21)31-26-15-22-17-29(18-23(22)16-26)14-13-27(2,3)4/h5-12,22-23,26H,13-18H2,1-4H3,(H,28,30)/t22-,23+,26-. The Morgan fingerprint density at radius 2 is 1.52 bits per heavy atom. The molecule has 1 saturated heterocycles. The fourth-order valence-electron chi connectivity index (χ4n) is 4.98. The monoisotopic (exact) mass is 420 g/mol. The number of carbonyl (C=O) groups excluding carboxylic acids is 1. The summed E-state index contributed by atoms with van der Waals surface area (Å²) in [7, 11) is 0. The molecule has 31 heavy (non-hydrogen) atoms. The van der Waals surface area contributed by atoms with Gasteiger partial charge in [0.1, 0.15) is 5.75 Å². The van der Waals surface area contributed by atoms with Crippen molar-refractivity contribution in [3.8, 4) is 16.9 Å². The number of amides is 1. The number of hydrogen-bond acceptors (Lipinski definition) is 3. The van der Waals surface area contributed by atoms with Crippen molar-refractivity contribution in [2.24, 2.45) is 17.3 Å². The van der Waals surface area contributed by atoms with Crippen LogP contribution < -0.4 is 10.1 Å². The van der Waals surface area contributed by atoms with Crippen molar-refractivity contribution in [1.29, 1.82) is 0 Å². The lowest BCUT2D eigenvalue weighted by atomic mass is 9.92. The van der Waals surface area contributed by atoms with Gasteiger partial charge in [-0.3, -0.25) is 4.79 Å². The van der Waals surface area contributed by atoms with Crippen LogP contribution in [0.2, 0.25) is 0 Å². The molecule has 166 valence electrons. The van der Waals surface area contributed by atoms with E-state index in [4.69, 9.17) is 4.74 Å². The summed E-state index contributed by atoms with van der Waals surface area (Å²) in [6.07, 6.45) is 3.99. The minimum Gasteiger partial charge on any atom is -0.490 e. The predicted molar refractivity (Wildman–Crippen MR) is 127 cm³/mol. The molecule has 2 fully saturated rings. The molecule has 1 aliphatic carbocycles. The van der Waals surface area contributed by atoms with Crippen molar-refractivity contribution < 1.29 is 9.53 Å². The first kappa shape index (κ1) is 21.9.